The van der Waals surface area contributed by atoms with Gasteiger partial charge >= 0.3 is 0 Å². The largest absolute Gasteiger partial charge is 0.295 e. The third-order valence-corrected chi connectivity index (χ3v) is 5.41. The first-order valence-corrected chi connectivity index (χ1v) is 8.06. The van der Waals surface area contributed by atoms with Gasteiger partial charge in [0.15, 0.2) is 15.6 Å². The summed E-state index contributed by atoms with van der Waals surface area (Å²) in [7, 11) is -3.35. The summed E-state index contributed by atoms with van der Waals surface area (Å²) in [4.78, 5) is 11.8. The molecule has 0 amide bonds. The summed E-state index contributed by atoms with van der Waals surface area (Å²) < 4.78 is 24.9. The molecule has 4 heteroatoms. The van der Waals surface area contributed by atoms with Crippen LogP contribution in [0.2, 0.25) is 0 Å². The molecule has 0 saturated heterocycles. The van der Waals surface area contributed by atoms with Crippen LogP contribution in [-0.4, -0.2) is 14.2 Å². The fourth-order valence-corrected chi connectivity index (χ4v) is 4.25. The maximum atomic E-state index is 12.5. The highest BCUT2D eigenvalue weighted by Gasteiger charge is 2.25. The molecule has 3 rings (SSSR count). The first-order chi connectivity index (χ1) is 9.47. The standard InChI is InChI=1S/C16H14O3S/c1-11(17)12-6-7-16-15(8-12)9-13-4-2-3-5-14(13)10-20(16,18)19/h2-8H,9-10H2,1H3. The van der Waals surface area contributed by atoms with Crippen molar-refractivity contribution in [3.63, 3.8) is 0 Å². The van der Waals surface area contributed by atoms with Crippen LogP contribution in [0.5, 0.6) is 0 Å². The van der Waals surface area contributed by atoms with E-state index in [4.69, 9.17) is 0 Å². The minimum absolute atomic E-state index is 0.0234. The molecule has 0 radical (unpaired) electrons. The maximum Gasteiger partial charge on any atom is 0.182 e. The predicted octanol–water partition coefficient (Wildman–Crippen LogP) is 2.77. The molecule has 3 nitrogen and oxygen atoms in total. The Morgan fingerprint density at radius 3 is 2.40 bits per heavy atom. The highest BCUT2D eigenvalue weighted by molar-refractivity contribution is 7.90. The van der Waals surface area contributed by atoms with Crippen molar-refractivity contribution in [1.82, 2.24) is 0 Å². The number of carbonyl (C=O) groups excluding carboxylic acids is 1. The van der Waals surface area contributed by atoms with E-state index in [9.17, 15) is 13.2 Å². The van der Waals surface area contributed by atoms with Crippen LogP contribution in [-0.2, 0) is 22.0 Å². The summed E-state index contributed by atoms with van der Waals surface area (Å²) in [5, 5.41) is 0. The molecular formula is C16H14O3S. The van der Waals surface area contributed by atoms with Gasteiger partial charge in [-0.05, 0) is 42.2 Å². The highest BCUT2D eigenvalue weighted by Crippen LogP contribution is 2.30. The molecule has 0 spiro atoms. The van der Waals surface area contributed by atoms with Crippen molar-refractivity contribution in [3.8, 4) is 0 Å². The van der Waals surface area contributed by atoms with E-state index in [1.165, 1.54) is 6.92 Å². The van der Waals surface area contributed by atoms with E-state index in [2.05, 4.69) is 0 Å². The molecule has 20 heavy (non-hydrogen) atoms. The summed E-state index contributed by atoms with van der Waals surface area (Å²) in [6.45, 7) is 1.49. The predicted molar refractivity (Wildman–Crippen MR) is 76.6 cm³/mol. The molecular weight excluding hydrogens is 272 g/mol. The van der Waals surface area contributed by atoms with Gasteiger partial charge < -0.3 is 0 Å². The monoisotopic (exact) mass is 286 g/mol. The van der Waals surface area contributed by atoms with Crippen LogP contribution in [0.1, 0.15) is 34.0 Å². The Morgan fingerprint density at radius 1 is 1.00 bits per heavy atom. The van der Waals surface area contributed by atoms with Crippen molar-refractivity contribution < 1.29 is 13.2 Å². The van der Waals surface area contributed by atoms with Gasteiger partial charge in [-0.1, -0.05) is 30.3 Å². The minimum Gasteiger partial charge on any atom is -0.295 e. The van der Waals surface area contributed by atoms with E-state index < -0.39 is 9.84 Å². The average Bonchev–Trinajstić information content (AvgIpc) is 2.51. The average molecular weight is 286 g/mol. The van der Waals surface area contributed by atoms with Gasteiger partial charge in [0.1, 0.15) is 0 Å². The number of sulfone groups is 1. The van der Waals surface area contributed by atoms with Crippen LogP contribution >= 0.6 is 0 Å². The lowest BCUT2D eigenvalue weighted by Gasteiger charge is -2.07. The van der Waals surface area contributed by atoms with E-state index in [-0.39, 0.29) is 11.5 Å². The lowest BCUT2D eigenvalue weighted by molar-refractivity contribution is 0.101. The minimum atomic E-state index is -3.35. The zero-order valence-electron chi connectivity index (χ0n) is 11.1. The fourth-order valence-electron chi connectivity index (χ4n) is 2.60. The van der Waals surface area contributed by atoms with Gasteiger partial charge in [0.25, 0.3) is 0 Å². The Labute approximate surface area is 118 Å². The van der Waals surface area contributed by atoms with E-state index in [1.54, 1.807) is 18.2 Å². The molecule has 0 aliphatic carbocycles. The number of hydrogen-bond donors (Lipinski definition) is 0. The summed E-state index contributed by atoms with van der Waals surface area (Å²) >= 11 is 0. The van der Waals surface area contributed by atoms with Crippen LogP contribution in [0.15, 0.2) is 47.4 Å². The number of hydrogen-bond acceptors (Lipinski definition) is 3. The highest BCUT2D eigenvalue weighted by atomic mass is 32.2. The Hall–Kier alpha value is -1.94. The van der Waals surface area contributed by atoms with Crippen molar-refractivity contribution in [2.75, 3.05) is 0 Å². The zero-order chi connectivity index (χ0) is 14.3. The Kier molecular flexibility index (Phi) is 2.98. The van der Waals surface area contributed by atoms with Gasteiger partial charge in [0, 0.05) is 5.56 Å². The molecule has 0 unspecified atom stereocenters. The molecule has 2 aromatic carbocycles. The Morgan fingerprint density at radius 2 is 1.70 bits per heavy atom. The first-order valence-electron chi connectivity index (χ1n) is 6.41. The van der Waals surface area contributed by atoms with Crippen LogP contribution in [0.4, 0.5) is 0 Å². The van der Waals surface area contributed by atoms with Crippen LogP contribution < -0.4 is 0 Å². The van der Waals surface area contributed by atoms with Crippen molar-refractivity contribution in [2.45, 2.75) is 24.0 Å². The molecule has 2 aromatic rings. The van der Waals surface area contributed by atoms with Gasteiger partial charge in [-0.15, -0.1) is 0 Å². The van der Waals surface area contributed by atoms with Gasteiger partial charge in [0.2, 0.25) is 0 Å². The molecule has 1 aliphatic heterocycles. The number of benzene rings is 2. The Balaban J connectivity index is 2.25. The van der Waals surface area contributed by atoms with E-state index in [1.807, 2.05) is 24.3 Å². The lowest BCUT2D eigenvalue weighted by Crippen LogP contribution is -2.06. The van der Waals surface area contributed by atoms with Gasteiger partial charge in [-0.2, -0.15) is 0 Å². The molecule has 1 aliphatic rings. The zero-order valence-corrected chi connectivity index (χ0v) is 11.9. The summed E-state index contributed by atoms with van der Waals surface area (Å²) in [5.74, 6) is -0.0296. The second-order valence-corrected chi connectivity index (χ2v) is 7.04. The van der Waals surface area contributed by atoms with Gasteiger partial charge in [0.05, 0.1) is 10.6 Å². The van der Waals surface area contributed by atoms with Crippen molar-refractivity contribution in [1.29, 1.82) is 0 Å². The van der Waals surface area contributed by atoms with Crippen LogP contribution in [0.25, 0.3) is 0 Å². The number of fused-ring (bicyclic) bond motifs is 2. The second kappa shape index (κ2) is 4.56. The molecule has 0 fully saturated rings. The molecule has 102 valence electrons. The second-order valence-electron chi connectivity index (χ2n) is 5.08. The maximum absolute atomic E-state index is 12.5. The number of ketones is 1. The van der Waals surface area contributed by atoms with Crippen LogP contribution in [0.3, 0.4) is 0 Å². The molecule has 0 bridgehead atoms. The summed E-state index contributed by atoms with van der Waals surface area (Å²) in [6.07, 6.45) is 0.547. The molecule has 0 N–H and O–H groups in total. The van der Waals surface area contributed by atoms with Crippen LogP contribution in [0, 0.1) is 0 Å². The van der Waals surface area contributed by atoms with Gasteiger partial charge in [-0.3, -0.25) is 4.79 Å². The molecule has 0 saturated carbocycles. The van der Waals surface area contributed by atoms with Crippen molar-refractivity contribution >= 4 is 15.6 Å². The molecule has 0 atom stereocenters. The summed E-state index contributed by atoms with van der Waals surface area (Å²) in [5.41, 5.74) is 3.12. The fraction of sp³-hybridized carbons (Fsp3) is 0.188. The van der Waals surface area contributed by atoms with Gasteiger partial charge in [-0.25, -0.2) is 8.42 Å². The quantitative estimate of drug-likeness (QED) is 0.757. The number of rotatable bonds is 1. The molecule has 1 heterocycles. The van der Waals surface area contributed by atoms with Crippen molar-refractivity contribution in [3.05, 3.63) is 64.7 Å². The van der Waals surface area contributed by atoms with Crippen molar-refractivity contribution in [2.24, 2.45) is 0 Å². The third-order valence-electron chi connectivity index (χ3n) is 3.65. The normalized spacial score (nSPS) is 15.8. The molecule has 0 aromatic heterocycles. The van der Waals surface area contributed by atoms with E-state index in [0.717, 1.165) is 11.1 Å². The smallest absolute Gasteiger partial charge is 0.182 e. The third kappa shape index (κ3) is 2.16. The topological polar surface area (TPSA) is 51.2 Å². The lowest BCUT2D eigenvalue weighted by atomic mass is 9.99. The summed E-state index contributed by atoms with van der Waals surface area (Å²) in [6, 6.07) is 12.4. The van der Waals surface area contributed by atoms with E-state index >= 15 is 0 Å². The number of carbonyl (C=O) groups is 1. The SMILES string of the molecule is CC(=O)c1ccc2c(c1)Cc1ccccc1CS2(=O)=O. The number of Topliss-reactive ketones (excluding diaryl/α,β-unsaturated/α-hetero) is 1. The Bertz CT molecular complexity index is 804. The van der Waals surface area contributed by atoms with E-state index in [0.29, 0.717) is 22.4 Å². The first kappa shape index (κ1) is 13.1.